The molecule has 3 N–H and O–H groups in total. The molecule has 522 valence electrons. The predicted molar refractivity (Wildman–Crippen MR) is 405 cm³/mol. The third-order valence-electron chi connectivity index (χ3n) is 15.6. The lowest BCUT2D eigenvalue weighted by molar-refractivity contribution is -0.870. The Morgan fingerprint density at radius 3 is 1.00 bits per heavy atom. The number of likely N-dealkylation sites (N-methyl/N-ethyl adjacent to an activating group) is 1. The van der Waals surface area contributed by atoms with Gasteiger partial charge in [-0.3, -0.25) is 13.8 Å². The summed E-state index contributed by atoms with van der Waals surface area (Å²) in [5, 5.41) is 14.0. The molecule has 0 heterocycles. The van der Waals surface area contributed by atoms with Gasteiger partial charge >= 0.3 is 7.82 Å². The quantitative estimate of drug-likeness (QED) is 0.0243. The van der Waals surface area contributed by atoms with Crippen molar-refractivity contribution < 1.29 is 32.9 Å². The Bertz CT molecular complexity index is 2160. The lowest BCUT2D eigenvalue weighted by atomic mass is 10.0. The van der Waals surface area contributed by atoms with Crippen LogP contribution in [0.5, 0.6) is 0 Å². The predicted octanol–water partition coefficient (Wildman–Crippen LogP) is 24.4. The number of hydrogen-bond acceptors (Lipinski definition) is 5. The summed E-state index contributed by atoms with van der Waals surface area (Å²) in [7, 11) is 1.51. The molecule has 3 atom stereocenters. The second-order valence-electron chi connectivity index (χ2n) is 25.6. The molecular weight excluding hydrogens is 1150 g/mol. The molecule has 0 rings (SSSR count). The smallest absolute Gasteiger partial charge is 0.387 e. The number of carbonyl (C=O) groups is 1. The number of allylic oxidation sites excluding steroid dienone is 29. The second kappa shape index (κ2) is 70.9. The highest BCUT2D eigenvalue weighted by atomic mass is 31.2. The number of phosphoric acid groups is 1. The number of hydrogen-bond donors (Lipinski definition) is 3. The molecule has 0 spiro atoms. The van der Waals surface area contributed by atoms with Crippen LogP contribution in [0.3, 0.4) is 0 Å². The summed E-state index contributed by atoms with van der Waals surface area (Å²) >= 11 is 0. The number of unbranched alkanes of at least 4 members (excludes halogenated alkanes) is 25. The van der Waals surface area contributed by atoms with Gasteiger partial charge in [0.15, 0.2) is 0 Å². The molecule has 0 aromatic heterocycles. The first kappa shape index (κ1) is 87.6. The van der Waals surface area contributed by atoms with Crippen LogP contribution in [0.15, 0.2) is 182 Å². The third-order valence-corrected chi connectivity index (χ3v) is 16.6. The molecule has 9 heteroatoms. The summed E-state index contributed by atoms with van der Waals surface area (Å²) in [6.07, 6.45) is 113. The van der Waals surface area contributed by atoms with E-state index in [1.54, 1.807) is 6.08 Å². The van der Waals surface area contributed by atoms with E-state index >= 15 is 0 Å². The van der Waals surface area contributed by atoms with Crippen LogP contribution in [-0.2, 0) is 18.4 Å². The lowest BCUT2D eigenvalue weighted by Gasteiger charge is -2.25. The van der Waals surface area contributed by atoms with Crippen molar-refractivity contribution in [3.05, 3.63) is 182 Å². The fraction of sp³-hybridized carbons (Fsp3) is 0.627. The molecule has 0 saturated carbocycles. The van der Waals surface area contributed by atoms with Gasteiger partial charge in [0, 0.05) is 6.42 Å². The molecule has 1 amide bonds. The van der Waals surface area contributed by atoms with Crippen LogP contribution in [-0.4, -0.2) is 73.4 Å². The van der Waals surface area contributed by atoms with Crippen molar-refractivity contribution in [1.29, 1.82) is 0 Å². The van der Waals surface area contributed by atoms with E-state index in [0.717, 1.165) is 135 Å². The number of quaternary nitrogens is 1. The fourth-order valence-electron chi connectivity index (χ4n) is 9.88. The average Bonchev–Trinajstić information content (AvgIpc) is 2.63. The molecule has 0 fully saturated rings. The molecule has 0 radical (unpaired) electrons. The standard InChI is InChI=1S/C83H139N2O6P/c1-6-8-10-12-14-16-18-20-22-24-26-28-30-32-34-36-37-38-39-40-41-42-43-44-45-46-47-49-51-53-55-57-59-61-63-65-67-69-71-73-75-77-83(87)84-81(80-91-92(88,89)90-79-78-85(3,4)5)82(86)76-74-72-70-68-66-64-62-60-58-56-54-52-50-48-35-33-31-29-27-25-23-21-19-17-15-13-11-9-7-2/h8,10,14,16,20,22,26,28,32,34,37-38,40-41,43-44,46-47,51,53,57-60,63,65-66,68,74,76,81-82,86H,6-7,9,11-13,15,17-19,21,23-25,27,29-31,33,35-36,39,42,45,48-50,52,54-56,61-62,64,67,69-73,75,77-80H2,1-5H3,(H-,84,87,88,89)/p+1/b10-8-,16-14-,22-20-,28-26-,34-32-,38-37-,41-40-,44-43-,47-46-,53-51-,59-57-,60-58+,65-63-,68-66+,76-74+. The molecule has 0 aliphatic heterocycles. The van der Waals surface area contributed by atoms with Gasteiger partial charge < -0.3 is 19.8 Å². The number of aliphatic hydroxyl groups excluding tert-OH is 1. The number of nitrogens with one attached hydrogen (secondary N) is 1. The van der Waals surface area contributed by atoms with Crippen LogP contribution in [0, 0.1) is 0 Å². The third kappa shape index (κ3) is 73.0. The van der Waals surface area contributed by atoms with Crippen molar-refractivity contribution in [2.45, 2.75) is 296 Å². The Kier molecular flexibility index (Phi) is 67.5. The number of carbonyl (C=O) groups excluding carboxylic acids is 1. The summed E-state index contributed by atoms with van der Waals surface area (Å²) in [4.78, 5) is 23.4. The van der Waals surface area contributed by atoms with Gasteiger partial charge in [-0.25, -0.2) is 4.57 Å². The zero-order valence-corrected chi connectivity index (χ0v) is 60.6. The first-order chi connectivity index (χ1) is 45.0. The Hall–Kier alpha value is -4.40. The van der Waals surface area contributed by atoms with Crippen LogP contribution in [0.25, 0.3) is 0 Å². The van der Waals surface area contributed by atoms with Gasteiger partial charge in [0.25, 0.3) is 0 Å². The topological polar surface area (TPSA) is 105 Å². The maximum absolute atomic E-state index is 13.1. The molecule has 92 heavy (non-hydrogen) atoms. The fourth-order valence-corrected chi connectivity index (χ4v) is 10.6. The Labute approximate surface area is 567 Å². The molecular formula is C83H140N2O6P+. The molecule has 0 aromatic carbocycles. The molecule has 0 aromatic rings. The van der Waals surface area contributed by atoms with Crippen molar-refractivity contribution in [3.8, 4) is 0 Å². The normalized spacial score (nSPS) is 14.6. The SMILES string of the molecule is CC/C=C\C/C=C\C/C=C\C/C=C\C/C=C\C/C=C\C/C=C\C/C=C\C/C=C\C/C=C\C/C=C\C/C=C\CCCCCCC(=O)NC(COP(=O)(O)OCC[N+](C)(C)C)C(O)/C=C/CC/C=C/CC/C=C/CCCCCCCCCCCCCCCCCCCCC. The Morgan fingerprint density at radius 1 is 0.380 bits per heavy atom. The first-order valence-electron chi connectivity index (χ1n) is 37.2. The maximum Gasteiger partial charge on any atom is 0.472 e. The van der Waals surface area contributed by atoms with Crippen LogP contribution in [0.4, 0.5) is 0 Å². The minimum absolute atomic E-state index is 0.0385. The maximum atomic E-state index is 13.1. The zero-order valence-electron chi connectivity index (χ0n) is 59.7. The minimum atomic E-state index is -4.39. The molecule has 0 aliphatic carbocycles. The number of amides is 1. The van der Waals surface area contributed by atoms with E-state index < -0.39 is 20.0 Å². The molecule has 0 bridgehead atoms. The van der Waals surface area contributed by atoms with E-state index in [2.05, 4.69) is 189 Å². The number of aliphatic hydroxyl groups is 1. The van der Waals surface area contributed by atoms with Gasteiger partial charge in [-0.1, -0.05) is 325 Å². The van der Waals surface area contributed by atoms with Crippen LogP contribution < -0.4 is 5.32 Å². The van der Waals surface area contributed by atoms with E-state index in [1.807, 2.05) is 27.2 Å². The van der Waals surface area contributed by atoms with Gasteiger partial charge in [0.2, 0.25) is 5.91 Å². The molecule has 0 aliphatic rings. The van der Waals surface area contributed by atoms with Crippen molar-refractivity contribution in [1.82, 2.24) is 5.32 Å². The van der Waals surface area contributed by atoms with E-state index in [1.165, 1.54) is 128 Å². The number of phosphoric ester groups is 1. The monoisotopic (exact) mass is 1290 g/mol. The van der Waals surface area contributed by atoms with Gasteiger partial charge in [0.1, 0.15) is 13.2 Å². The zero-order chi connectivity index (χ0) is 66.9. The van der Waals surface area contributed by atoms with E-state index in [-0.39, 0.29) is 19.1 Å². The van der Waals surface area contributed by atoms with E-state index in [4.69, 9.17) is 9.05 Å². The summed E-state index contributed by atoms with van der Waals surface area (Å²) in [6, 6.07) is -0.900. The minimum Gasteiger partial charge on any atom is -0.387 e. The highest BCUT2D eigenvalue weighted by Gasteiger charge is 2.28. The van der Waals surface area contributed by atoms with Crippen LogP contribution >= 0.6 is 7.82 Å². The molecule has 3 unspecified atom stereocenters. The van der Waals surface area contributed by atoms with E-state index in [0.29, 0.717) is 17.4 Å². The van der Waals surface area contributed by atoms with Crippen molar-refractivity contribution in [3.63, 3.8) is 0 Å². The highest BCUT2D eigenvalue weighted by Crippen LogP contribution is 2.43. The van der Waals surface area contributed by atoms with Crippen molar-refractivity contribution in [2.75, 3.05) is 40.9 Å². The lowest BCUT2D eigenvalue weighted by Crippen LogP contribution is -2.45. The van der Waals surface area contributed by atoms with Gasteiger partial charge in [-0.2, -0.15) is 0 Å². The number of rotatable bonds is 66. The largest absolute Gasteiger partial charge is 0.472 e. The van der Waals surface area contributed by atoms with Gasteiger partial charge in [-0.05, 0) is 135 Å². The second-order valence-corrected chi connectivity index (χ2v) is 27.0. The first-order valence-corrected chi connectivity index (χ1v) is 38.7. The van der Waals surface area contributed by atoms with E-state index in [9.17, 15) is 19.4 Å². The van der Waals surface area contributed by atoms with Crippen molar-refractivity contribution >= 4 is 13.7 Å². The van der Waals surface area contributed by atoms with Crippen LogP contribution in [0.1, 0.15) is 284 Å². The Morgan fingerprint density at radius 2 is 0.663 bits per heavy atom. The molecule has 0 saturated heterocycles. The van der Waals surface area contributed by atoms with Crippen molar-refractivity contribution in [2.24, 2.45) is 0 Å². The summed E-state index contributed by atoms with van der Waals surface area (Å²) in [5.74, 6) is -0.221. The molecule has 8 nitrogen and oxygen atoms in total. The highest BCUT2D eigenvalue weighted by molar-refractivity contribution is 7.47. The summed E-state index contributed by atoms with van der Waals surface area (Å²) < 4.78 is 23.8. The van der Waals surface area contributed by atoms with Gasteiger partial charge in [0.05, 0.1) is 39.9 Å². The number of nitrogens with zero attached hydrogens (tertiary/aromatic N) is 1. The van der Waals surface area contributed by atoms with Crippen LogP contribution in [0.2, 0.25) is 0 Å². The average molecular weight is 1290 g/mol. The summed E-state index contributed by atoms with van der Waals surface area (Å²) in [5.41, 5.74) is 0. The Balaban J connectivity index is 4.24. The van der Waals surface area contributed by atoms with Gasteiger partial charge in [-0.15, -0.1) is 0 Å². The summed E-state index contributed by atoms with van der Waals surface area (Å²) in [6.45, 7) is 4.65.